The molecule has 0 amide bonds. The molecule has 0 saturated carbocycles. The van der Waals surface area contributed by atoms with E-state index in [1.165, 1.54) is 62.6 Å². The van der Waals surface area contributed by atoms with Gasteiger partial charge in [-0.2, -0.15) is 0 Å². The number of esters is 2. The van der Waals surface area contributed by atoms with Crippen molar-refractivity contribution in [2.45, 2.75) is 4.90 Å². The fourth-order valence-electron chi connectivity index (χ4n) is 2.83. The number of carbonyl (C=O) groups is 2. The van der Waals surface area contributed by atoms with E-state index in [1.807, 2.05) is 0 Å². The number of nitrogens with one attached hydrogen (secondary N) is 1. The van der Waals surface area contributed by atoms with Gasteiger partial charge in [-0.1, -0.05) is 0 Å². The van der Waals surface area contributed by atoms with E-state index in [1.54, 1.807) is 0 Å². The summed E-state index contributed by atoms with van der Waals surface area (Å²) in [5, 5.41) is 7.44. The highest BCUT2D eigenvalue weighted by Crippen LogP contribution is 2.28. The Morgan fingerprint density at radius 2 is 1.69 bits per heavy atom. The van der Waals surface area contributed by atoms with E-state index in [9.17, 15) is 18.0 Å². The lowest BCUT2D eigenvalue weighted by Crippen LogP contribution is -2.38. The molecule has 0 atom stereocenters. The summed E-state index contributed by atoms with van der Waals surface area (Å²) < 4.78 is 47.4. The third-order valence-corrected chi connectivity index (χ3v) is 5.75. The Morgan fingerprint density at radius 1 is 1.00 bits per heavy atom. The van der Waals surface area contributed by atoms with Crippen LogP contribution in [-0.4, -0.2) is 65.2 Å². The molecule has 12 nitrogen and oxygen atoms in total. The van der Waals surface area contributed by atoms with Crippen LogP contribution in [0, 0.1) is 0 Å². The predicted molar refractivity (Wildman–Crippen MR) is 110 cm³/mol. The Balaban J connectivity index is 1.89. The number of methoxy groups -OCH3 is 3. The number of hydrogen-bond acceptors (Lipinski definition) is 11. The Bertz CT molecular complexity index is 1130. The monoisotopic (exact) mass is 464 g/mol. The minimum atomic E-state index is -3.96. The summed E-state index contributed by atoms with van der Waals surface area (Å²) in [6, 6.07) is 8.45. The van der Waals surface area contributed by atoms with Gasteiger partial charge in [-0.05, 0) is 30.3 Å². The van der Waals surface area contributed by atoms with Crippen LogP contribution in [0.1, 0.15) is 0 Å². The van der Waals surface area contributed by atoms with Crippen LogP contribution in [0.3, 0.4) is 0 Å². The maximum Gasteiger partial charge on any atom is 0.355 e. The van der Waals surface area contributed by atoms with Gasteiger partial charge in [0.15, 0.2) is 5.82 Å². The van der Waals surface area contributed by atoms with Crippen molar-refractivity contribution in [3.63, 3.8) is 0 Å². The lowest BCUT2D eigenvalue weighted by Gasteiger charge is -2.31. The van der Waals surface area contributed by atoms with Gasteiger partial charge in [0.05, 0.1) is 38.4 Å². The minimum Gasteiger partial charge on any atom is -0.480 e. The summed E-state index contributed by atoms with van der Waals surface area (Å²) in [4.78, 5) is 25.7. The molecule has 13 heteroatoms. The van der Waals surface area contributed by atoms with Gasteiger partial charge in [0.25, 0.3) is 10.0 Å². The Labute approximate surface area is 183 Å². The van der Waals surface area contributed by atoms with Crippen LogP contribution in [0.15, 0.2) is 52.6 Å². The average Bonchev–Trinajstić information content (AvgIpc) is 2.82. The van der Waals surface area contributed by atoms with E-state index in [2.05, 4.69) is 14.9 Å². The quantitative estimate of drug-likeness (QED) is 0.577. The highest BCUT2D eigenvalue weighted by Gasteiger charge is 2.32. The largest absolute Gasteiger partial charge is 0.480 e. The molecular formula is C19H20N4O8S. The molecule has 0 aliphatic carbocycles. The van der Waals surface area contributed by atoms with E-state index in [4.69, 9.17) is 18.9 Å². The van der Waals surface area contributed by atoms with Gasteiger partial charge in [0.1, 0.15) is 12.4 Å². The van der Waals surface area contributed by atoms with E-state index in [0.717, 1.165) is 0 Å². The molecule has 0 spiro atoms. The number of carbonyl (C=O) groups excluding carboxylic acids is 2. The van der Waals surface area contributed by atoms with Crippen molar-refractivity contribution in [1.82, 2.24) is 10.2 Å². The van der Waals surface area contributed by atoms with Crippen LogP contribution in [0.5, 0.6) is 5.88 Å². The fraction of sp³-hybridized carbons (Fsp3) is 0.263. The van der Waals surface area contributed by atoms with Crippen LogP contribution < -0.4 is 14.4 Å². The number of rotatable bonds is 7. The summed E-state index contributed by atoms with van der Waals surface area (Å²) in [7, 11) is -0.184. The Kier molecular flexibility index (Phi) is 6.90. The lowest BCUT2D eigenvalue weighted by atomic mass is 10.1. The van der Waals surface area contributed by atoms with Crippen molar-refractivity contribution in [2.75, 3.05) is 44.3 Å². The van der Waals surface area contributed by atoms with Crippen LogP contribution in [-0.2, 0) is 33.8 Å². The van der Waals surface area contributed by atoms with E-state index < -0.39 is 22.0 Å². The van der Waals surface area contributed by atoms with Gasteiger partial charge >= 0.3 is 11.9 Å². The molecule has 32 heavy (non-hydrogen) atoms. The van der Waals surface area contributed by atoms with Gasteiger partial charge in [-0.15, -0.1) is 10.2 Å². The smallest absolute Gasteiger partial charge is 0.355 e. The molecule has 0 fully saturated rings. The molecule has 1 aromatic heterocycles. The zero-order chi connectivity index (χ0) is 23.3. The Morgan fingerprint density at radius 3 is 2.25 bits per heavy atom. The number of nitrogens with zero attached hydrogens (tertiary/aromatic N) is 3. The maximum absolute atomic E-state index is 12.6. The molecule has 0 saturated heterocycles. The molecule has 3 rings (SSSR count). The second-order valence-electron chi connectivity index (χ2n) is 6.28. The molecule has 1 aliphatic heterocycles. The third kappa shape index (κ3) is 4.78. The fourth-order valence-corrected chi connectivity index (χ4v) is 3.83. The first-order chi connectivity index (χ1) is 15.3. The van der Waals surface area contributed by atoms with Gasteiger partial charge in [-0.25, -0.2) is 18.0 Å². The summed E-state index contributed by atoms with van der Waals surface area (Å²) in [5.74, 6) is -1.25. The maximum atomic E-state index is 12.6. The van der Waals surface area contributed by atoms with Crippen molar-refractivity contribution in [3.05, 3.63) is 47.7 Å². The van der Waals surface area contributed by atoms with Crippen molar-refractivity contribution >= 4 is 33.5 Å². The van der Waals surface area contributed by atoms with Gasteiger partial charge < -0.3 is 23.8 Å². The standard InChI is InChI=1S/C19H20N4O8S/c1-28-16-9-8-15(20-21-16)22-32(26,27)13-6-4-12(5-7-13)23-11-31-10-14(18(24)29-2)17(23)19(25)30-3/h4-9H,10-11H2,1-3H3,(H,20,22). The highest BCUT2D eigenvalue weighted by molar-refractivity contribution is 7.92. The average molecular weight is 464 g/mol. The number of ether oxygens (including phenoxy) is 4. The first-order valence-electron chi connectivity index (χ1n) is 9.06. The van der Waals surface area contributed by atoms with Gasteiger partial charge in [0.2, 0.25) is 5.88 Å². The minimum absolute atomic E-state index is 0.0120. The summed E-state index contributed by atoms with van der Waals surface area (Å²) in [5.41, 5.74) is 0.338. The normalized spacial score (nSPS) is 14.0. The zero-order valence-electron chi connectivity index (χ0n) is 17.4. The summed E-state index contributed by atoms with van der Waals surface area (Å²) in [6.45, 7) is -0.191. The SMILES string of the molecule is COC(=O)C1=C(C(=O)OC)N(c2ccc(S(=O)(=O)Nc3ccc(OC)nn3)cc2)COC1. The van der Waals surface area contributed by atoms with E-state index >= 15 is 0 Å². The predicted octanol–water partition coefficient (Wildman–Crippen LogP) is 0.680. The third-order valence-electron chi connectivity index (χ3n) is 4.38. The second-order valence-corrected chi connectivity index (χ2v) is 7.96. The number of aromatic nitrogens is 2. The number of sulfonamides is 1. The van der Waals surface area contributed by atoms with E-state index in [-0.39, 0.29) is 41.2 Å². The van der Waals surface area contributed by atoms with Crippen molar-refractivity contribution in [3.8, 4) is 5.88 Å². The first-order valence-corrected chi connectivity index (χ1v) is 10.5. The molecule has 0 bridgehead atoms. The van der Waals surface area contributed by atoms with Gasteiger partial charge in [-0.3, -0.25) is 4.72 Å². The molecule has 1 aliphatic rings. The summed E-state index contributed by atoms with van der Waals surface area (Å²) in [6.07, 6.45) is 0. The molecule has 1 aromatic carbocycles. The van der Waals surface area contributed by atoms with Crippen molar-refractivity contribution < 1.29 is 37.0 Å². The van der Waals surface area contributed by atoms with Gasteiger partial charge in [0, 0.05) is 11.8 Å². The van der Waals surface area contributed by atoms with Crippen LogP contribution in [0.2, 0.25) is 0 Å². The highest BCUT2D eigenvalue weighted by atomic mass is 32.2. The second kappa shape index (κ2) is 9.62. The molecular weight excluding hydrogens is 444 g/mol. The molecule has 0 radical (unpaired) electrons. The van der Waals surface area contributed by atoms with E-state index in [0.29, 0.717) is 5.69 Å². The molecule has 0 unspecified atom stereocenters. The topological polar surface area (TPSA) is 146 Å². The first kappa shape index (κ1) is 23.0. The van der Waals surface area contributed by atoms with Crippen LogP contribution >= 0.6 is 0 Å². The number of hydrogen-bond donors (Lipinski definition) is 1. The molecule has 170 valence electrons. The van der Waals surface area contributed by atoms with Crippen molar-refractivity contribution in [1.29, 1.82) is 0 Å². The molecule has 2 heterocycles. The molecule has 2 aromatic rings. The lowest BCUT2D eigenvalue weighted by molar-refractivity contribution is -0.140. The zero-order valence-corrected chi connectivity index (χ0v) is 18.2. The van der Waals surface area contributed by atoms with Crippen molar-refractivity contribution in [2.24, 2.45) is 0 Å². The Hall–Kier alpha value is -3.71. The summed E-state index contributed by atoms with van der Waals surface area (Å²) >= 11 is 0. The number of benzene rings is 1. The van der Waals surface area contributed by atoms with Crippen LogP contribution in [0.4, 0.5) is 11.5 Å². The molecule has 1 N–H and O–H groups in total. The number of anilines is 2. The van der Waals surface area contributed by atoms with Crippen LogP contribution in [0.25, 0.3) is 0 Å².